The second kappa shape index (κ2) is 4.41. The fourth-order valence-corrected chi connectivity index (χ4v) is 0.889. The van der Waals surface area contributed by atoms with E-state index in [1.165, 1.54) is 18.2 Å². The van der Waals surface area contributed by atoms with Crippen molar-refractivity contribution < 1.29 is 19.4 Å². The average Bonchev–Trinajstić information content (AvgIpc) is 2.20. The first kappa shape index (κ1) is 10.2. The molecule has 0 bridgehead atoms. The molecule has 4 heteroatoms. The molecule has 4 nitrogen and oxygen atoms in total. The van der Waals surface area contributed by atoms with Crippen molar-refractivity contribution in [3.05, 3.63) is 23.8 Å². The maximum atomic E-state index is 10.9. The monoisotopic (exact) mass is 194 g/mol. The predicted octanol–water partition coefficient (Wildman–Crippen LogP) is 1.52. The molecule has 0 aliphatic heterocycles. The zero-order valence-electron chi connectivity index (χ0n) is 7.69. The van der Waals surface area contributed by atoms with Gasteiger partial charge in [0.05, 0.1) is 0 Å². The number of benzene rings is 1. The van der Waals surface area contributed by atoms with Gasteiger partial charge in [-0.15, -0.1) is 0 Å². The molecule has 14 heavy (non-hydrogen) atoms. The molecule has 0 atom stereocenters. The SMILES string of the molecule is CCC(=O)Oc1ccc(C=O)cc1O. The molecule has 1 rings (SSSR count). The lowest BCUT2D eigenvalue weighted by molar-refractivity contribution is -0.134. The van der Waals surface area contributed by atoms with Crippen LogP contribution in [0.15, 0.2) is 18.2 Å². The molecule has 0 saturated carbocycles. The van der Waals surface area contributed by atoms with E-state index in [0.29, 0.717) is 11.8 Å². The first-order valence-electron chi connectivity index (χ1n) is 4.16. The highest BCUT2D eigenvalue weighted by Crippen LogP contribution is 2.26. The number of esters is 1. The van der Waals surface area contributed by atoms with E-state index in [1.807, 2.05) is 0 Å². The highest BCUT2D eigenvalue weighted by molar-refractivity contribution is 5.77. The molecule has 74 valence electrons. The van der Waals surface area contributed by atoms with Crippen LogP contribution in [0.25, 0.3) is 0 Å². The molecule has 1 N–H and O–H groups in total. The molecule has 0 unspecified atom stereocenters. The van der Waals surface area contributed by atoms with Crippen LogP contribution in [0.4, 0.5) is 0 Å². The Labute approximate surface area is 81.1 Å². The molecule has 0 radical (unpaired) electrons. The van der Waals surface area contributed by atoms with E-state index in [4.69, 9.17) is 4.74 Å². The van der Waals surface area contributed by atoms with Gasteiger partial charge in [0.1, 0.15) is 6.29 Å². The van der Waals surface area contributed by atoms with E-state index in [9.17, 15) is 14.7 Å². The number of aromatic hydroxyl groups is 1. The molecule has 0 heterocycles. The van der Waals surface area contributed by atoms with Crippen LogP contribution in [-0.4, -0.2) is 17.4 Å². The number of phenols is 1. The van der Waals surface area contributed by atoms with Gasteiger partial charge in [-0.25, -0.2) is 0 Å². The second-order valence-corrected chi connectivity index (χ2v) is 2.67. The van der Waals surface area contributed by atoms with E-state index < -0.39 is 5.97 Å². The number of carbonyl (C=O) groups is 2. The van der Waals surface area contributed by atoms with Gasteiger partial charge in [0.2, 0.25) is 0 Å². The average molecular weight is 194 g/mol. The van der Waals surface area contributed by atoms with E-state index in [2.05, 4.69) is 0 Å². The van der Waals surface area contributed by atoms with Crippen LogP contribution < -0.4 is 4.74 Å². The quantitative estimate of drug-likeness (QED) is 0.450. The highest BCUT2D eigenvalue weighted by Gasteiger charge is 2.07. The minimum atomic E-state index is -0.431. The molecule has 0 saturated heterocycles. The Morgan fingerprint density at radius 1 is 1.57 bits per heavy atom. The maximum absolute atomic E-state index is 10.9. The maximum Gasteiger partial charge on any atom is 0.311 e. The third kappa shape index (κ3) is 2.32. The molecular formula is C10H10O4. The van der Waals surface area contributed by atoms with Gasteiger partial charge < -0.3 is 9.84 Å². The normalized spacial score (nSPS) is 9.50. The number of rotatable bonds is 3. The summed E-state index contributed by atoms with van der Waals surface area (Å²) in [5, 5.41) is 9.33. The van der Waals surface area contributed by atoms with Gasteiger partial charge in [0.15, 0.2) is 11.5 Å². The number of phenolic OH excluding ortho intramolecular Hbond substituents is 1. The van der Waals surface area contributed by atoms with E-state index in [1.54, 1.807) is 6.92 Å². The van der Waals surface area contributed by atoms with Crippen LogP contribution in [-0.2, 0) is 4.79 Å². The van der Waals surface area contributed by atoms with Crippen molar-refractivity contribution in [2.24, 2.45) is 0 Å². The van der Waals surface area contributed by atoms with Gasteiger partial charge in [0.25, 0.3) is 0 Å². The molecule has 0 amide bonds. The van der Waals surface area contributed by atoms with Gasteiger partial charge in [-0.3, -0.25) is 9.59 Å². The number of aldehydes is 1. The first-order valence-corrected chi connectivity index (χ1v) is 4.16. The largest absolute Gasteiger partial charge is 0.504 e. The zero-order valence-corrected chi connectivity index (χ0v) is 7.69. The summed E-state index contributed by atoms with van der Waals surface area (Å²) in [5.74, 6) is -0.571. The standard InChI is InChI=1S/C10H10O4/c1-2-10(13)14-9-4-3-7(6-11)5-8(9)12/h3-6,12H,2H2,1H3. The second-order valence-electron chi connectivity index (χ2n) is 2.67. The van der Waals surface area contributed by atoms with Crippen LogP contribution in [0, 0.1) is 0 Å². The Morgan fingerprint density at radius 3 is 2.79 bits per heavy atom. The molecular weight excluding hydrogens is 184 g/mol. The third-order valence-corrected chi connectivity index (χ3v) is 1.63. The van der Waals surface area contributed by atoms with Crippen LogP contribution >= 0.6 is 0 Å². The van der Waals surface area contributed by atoms with E-state index in [-0.39, 0.29) is 17.9 Å². The van der Waals surface area contributed by atoms with Crippen molar-refractivity contribution in [3.63, 3.8) is 0 Å². The Kier molecular flexibility index (Phi) is 3.23. The van der Waals surface area contributed by atoms with Gasteiger partial charge >= 0.3 is 5.97 Å². The summed E-state index contributed by atoms with van der Waals surface area (Å²) in [7, 11) is 0. The topological polar surface area (TPSA) is 63.6 Å². The predicted molar refractivity (Wildman–Crippen MR) is 49.4 cm³/mol. The van der Waals surface area contributed by atoms with Gasteiger partial charge in [0, 0.05) is 12.0 Å². The van der Waals surface area contributed by atoms with Crippen LogP contribution in [0.5, 0.6) is 11.5 Å². The fourth-order valence-electron chi connectivity index (χ4n) is 0.889. The summed E-state index contributed by atoms with van der Waals surface area (Å²) in [4.78, 5) is 21.2. The lowest BCUT2D eigenvalue weighted by Crippen LogP contribution is -2.05. The van der Waals surface area contributed by atoms with Crippen molar-refractivity contribution in [1.29, 1.82) is 0 Å². The number of hydrogen-bond donors (Lipinski definition) is 1. The van der Waals surface area contributed by atoms with Gasteiger partial charge in [-0.1, -0.05) is 6.92 Å². The van der Waals surface area contributed by atoms with Crippen LogP contribution in [0.2, 0.25) is 0 Å². The van der Waals surface area contributed by atoms with Crippen LogP contribution in [0.1, 0.15) is 23.7 Å². The molecule has 0 aliphatic carbocycles. The lowest BCUT2D eigenvalue weighted by atomic mass is 10.2. The summed E-state index contributed by atoms with van der Waals surface area (Å²) in [6, 6.07) is 4.09. The number of ether oxygens (including phenoxy) is 1. The highest BCUT2D eigenvalue weighted by atomic mass is 16.5. The Bertz CT molecular complexity index is 357. The first-order chi connectivity index (χ1) is 6.67. The molecule has 0 fully saturated rings. The Hall–Kier alpha value is -1.84. The molecule has 1 aromatic rings. The summed E-state index contributed by atoms with van der Waals surface area (Å²) < 4.78 is 4.79. The van der Waals surface area contributed by atoms with Crippen molar-refractivity contribution in [1.82, 2.24) is 0 Å². The number of carbonyl (C=O) groups excluding carboxylic acids is 2. The number of hydrogen-bond acceptors (Lipinski definition) is 4. The summed E-state index contributed by atoms with van der Waals surface area (Å²) in [6.45, 7) is 1.65. The van der Waals surface area contributed by atoms with Gasteiger partial charge in [-0.05, 0) is 18.2 Å². The third-order valence-electron chi connectivity index (χ3n) is 1.63. The molecule has 0 aromatic heterocycles. The fraction of sp³-hybridized carbons (Fsp3) is 0.200. The van der Waals surface area contributed by atoms with Crippen molar-refractivity contribution >= 4 is 12.3 Å². The minimum Gasteiger partial charge on any atom is -0.504 e. The van der Waals surface area contributed by atoms with E-state index >= 15 is 0 Å². The smallest absolute Gasteiger partial charge is 0.311 e. The minimum absolute atomic E-state index is 0.0717. The van der Waals surface area contributed by atoms with Crippen LogP contribution in [0.3, 0.4) is 0 Å². The van der Waals surface area contributed by atoms with Crippen molar-refractivity contribution in [2.45, 2.75) is 13.3 Å². The molecule has 0 aliphatic rings. The summed E-state index contributed by atoms with van der Waals surface area (Å²) >= 11 is 0. The molecule has 0 spiro atoms. The Balaban J connectivity index is 2.89. The summed E-state index contributed by atoms with van der Waals surface area (Å²) in [5.41, 5.74) is 0.332. The van der Waals surface area contributed by atoms with Crippen molar-refractivity contribution in [2.75, 3.05) is 0 Å². The Morgan fingerprint density at radius 2 is 2.29 bits per heavy atom. The molecule has 1 aromatic carbocycles. The lowest BCUT2D eigenvalue weighted by Gasteiger charge is -2.04. The van der Waals surface area contributed by atoms with E-state index in [0.717, 1.165) is 0 Å². The zero-order chi connectivity index (χ0) is 10.6. The van der Waals surface area contributed by atoms with Gasteiger partial charge in [-0.2, -0.15) is 0 Å². The summed E-state index contributed by atoms with van der Waals surface area (Å²) in [6.07, 6.45) is 0.833. The van der Waals surface area contributed by atoms with Crippen molar-refractivity contribution in [3.8, 4) is 11.5 Å².